The molecule has 2 heteroatoms. The zero-order chi connectivity index (χ0) is 16.1. The quantitative estimate of drug-likeness (QED) is 0.276. The Balaban J connectivity index is 2.01. The third kappa shape index (κ3) is 2.10. The Bertz CT molecular complexity index is 1200. The molecule has 0 radical (unpaired) electrons. The van der Waals surface area contributed by atoms with Gasteiger partial charge in [0, 0.05) is 30.0 Å². The molecule has 0 unspecified atom stereocenters. The highest BCUT2D eigenvalue weighted by Gasteiger charge is 2.13. The molecule has 0 aliphatic heterocycles. The highest BCUT2D eigenvalue weighted by molar-refractivity contribution is 9.10. The molecule has 0 aliphatic rings. The van der Waals surface area contributed by atoms with Crippen molar-refractivity contribution in [2.24, 2.45) is 0 Å². The molecule has 4 aromatic carbocycles. The second-order valence-electron chi connectivity index (χ2n) is 5.95. The van der Waals surface area contributed by atoms with Crippen molar-refractivity contribution in [2.75, 3.05) is 0 Å². The summed E-state index contributed by atoms with van der Waals surface area (Å²) in [5, 5.41) is 5.33. The summed E-state index contributed by atoms with van der Waals surface area (Å²) in [6.07, 6.45) is 0. The van der Waals surface area contributed by atoms with E-state index >= 15 is 0 Å². The largest absolute Gasteiger partial charge is 0.135 e. The lowest BCUT2D eigenvalue weighted by Crippen LogP contribution is -1.82. The fraction of sp³-hybridized carbons (Fsp3) is 0. The van der Waals surface area contributed by atoms with Crippen molar-refractivity contribution in [1.82, 2.24) is 0 Å². The van der Waals surface area contributed by atoms with E-state index in [1.165, 1.54) is 42.1 Å². The molecule has 1 aromatic heterocycles. The number of thiophene rings is 1. The van der Waals surface area contributed by atoms with Gasteiger partial charge in [0.1, 0.15) is 0 Å². The second-order valence-corrected chi connectivity index (χ2v) is 7.92. The maximum Gasteiger partial charge on any atom is 0.0434 e. The lowest BCUT2D eigenvalue weighted by Gasteiger charge is -2.08. The highest BCUT2D eigenvalue weighted by Crippen LogP contribution is 2.43. The van der Waals surface area contributed by atoms with Crippen LogP contribution in [0.1, 0.15) is 0 Å². The summed E-state index contributed by atoms with van der Waals surface area (Å²) < 4.78 is 3.84. The standard InChI is InChI=1S/C22H13BrS/c23-15-10-11-21-19(12-15)20-13-18(14-6-2-1-3-7-14)16-8-4-5-9-17(16)22(20)24-21/h1-13H. The van der Waals surface area contributed by atoms with Gasteiger partial charge in [0.2, 0.25) is 0 Å². The zero-order valence-electron chi connectivity index (χ0n) is 12.8. The van der Waals surface area contributed by atoms with E-state index in [2.05, 4.69) is 94.8 Å². The van der Waals surface area contributed by atoms with Gasteiger partial charge in [-0.3, -0.25) is 0 Å². The summed E-state index contributed by atoms with van der Waals surface area (Å²) in [4.78, 5) is 0. The third-order valence-corrected chi connectivity index (χ3v) is 6.24. The van der Waals surface area contributed by atoms with Gasteiger partial charge in [-0.15, -0.1) is 11.3 Å². The van der Waals surface area contributed by atoms with Crippen LogP contribution in [0.5, 0.6) is 0 Å². The van der Waals surface area contributed by atoms with Crippen LogP contribution in [0.3, 0.4) is 0 Å². The molecule has 114 valence electrons. The van der Waals surface area contributed by atoms with Gasteiger partial charge in [-0.25, -0.2) is 0 Å². The van der Waals surface area contributed by atoms with Crippen LogP contribution in [-0.4, -0.2) is 0 Å². The Morgan fingerprint density at radius 3 is 2.21 bits per heavy atom. The maximum atomic E-state index is 3.62. The van der Waals surface area contributed by atoms with Gasteiger partial charge in [-0.05, 0) is 40.8 Å². The smallest absolute Gasteiger partial charge is 0.0434 e. The van der Waals surface area contributed by atoms with Gasteiger partial charge in [0.15, 0.2) is 0 Å². The molecule has 5 rings (SSSR count). The minimum absolute atomic E-state index is 1.13. The molecule has 1 heterocycles. The topological polar surface area (TPSA) is 0 Å². The predicted molar refractivity (Wildman–Crippen MR) is 110 cm³/mol. The Hall–Kier alpha value is -2.16. The van der Waals surface area contributed by atoms with Crippen LogP contribution in [0.25, 0.3) is 42.1 Å². The van der Waals surface area contributed by atoms with Crippen molar-refractivity contribution >= 4 is 58.2 Å². The van der Waals surface area contributed by atoms with Crippen LogP contribution in [0.15, 0.2) is 83.3 Å². The monoisotopic (exact) mass is 388 g/mol. The molecule has 0 saturated heterocycles. The van der Waals surface area contributed by atoms with E-state index in [1.807, 2.05) is 11.3 Å². The first-order valence-electron chi connectivity index (χ1n) is 7.90. The molecule has 0 bridgehead atoms. The third-order valence-electron chi connectivity index (χ3n) is 4.52. The van der Waals surface area contributed by atoms with Crippen molar-refractivity contribution in [1.29, 1.82) is 0 Å². The lowest BCUT2D eigenvalue weighted by atomic mass is 9.96. The normalized spacial score (nSPS) is 11.5. The van der Waals surface area contributed by atoms with Gasteiger partial charge in [-0.1, -0.05) is 70.5 Å². The summed E-state index contributed by atoms with van der Waals surface area (Å²) in [5.41, 5.74) is 2.57. The summed E-state index contributed by atoms with van der Waals surface area (Å²) in [5.74, 6) is 0. The van der Waals surface area contributed by atoms with E-state index in [0.717, 1.165) is 4.47 Å². The Morgan fingerprint density at radius 2 is 1.38 bits per heavy atom. The van der Waals surface area contributed by atoms with Gasteiger partial charge < -0.3 is 0 Å². The fourth-order valence-electron chi connectivity index (χ4n) is 3.43. The molecule has 0 saturated carbocycles. The van der Waals surface area contributed by atoms with Crippen LogP contribution >= 0.6 is 27.3 Å². The summed E-state index contributed by atoms with van der Waals surface area (Å²) >= 11 is 5.50. The fourth-order valence-corrected chi connectivity index (χ4v) is 4.99. The first-order valence-corrected chi connectivity index (χ1v) is 9.51. The second kappa shape index (κ2) is 5.44. The van der Waals surface area contributed by atoms with Gasteiger partial charge >= 0.3 is 0 Å². The molecule has 0 atom stereocenters. The molecule has 0 aliphatic carbocycles. The molecule has 0 spiro atoms. The minimum Gasteiger partial charge on any atom is -0.135 e. The molecule has 0 nitrogen and oxygen atoms in total. The van der Waals surface area contributed by atoms with Crippen molar-refractivity contribution in [3.8, 4) is 11.1 Å². The predicted octanol–water partition coefficient (Wildman–Crippen LogP) is 7.64. The number of rotatable bonds is 1. The Kier molecular flexibility index (Phi) is 3.22. The van der Waals surface area contributed by atoms with Gasteiger partial charge in [0.05, 0.1) is 0 Å². The first kappa shape index (κ1) is 14.2. The van der Waals surface area contributed by atoms with E-state index in [1.54, 1.807) is 0 Å². The maximum absolute atomic E-state index is 3.62. The SMILES string of the molecule is Brc1ccc2sc3c4ccccc4c(-c4ccccc4)cc3c2c1. The van der Waals surface area contributed by atoms with Crippen LogP contribution in [0.2, 0.25) is 0 Å². The van der Waals surface area contributed by atoms with Crippen molar-refractivity contribution in [3.63, 3.8) is 0 Å². The summed E-state index contributed by atoms with van der Waals surface area (Å²) in [7, 11) is 0. The van der Waals surface area contributed by atoms with E-state index in [9.17, 15) is 0 Å². The van der Waals surface area contributed by atoms with Crippen LogP contribution in [0.4, 0.5) is 0 Å². The highest BCUT2D eigenvalue weighted by atomic mass is 79.9. The average molecular weight is 389 g/mol. The Labute approximate surface area is 152 Å². The van der Waals surface area contributed by atoms with Crippen molar-refractivity contribution in [2.45, 2.75) is 0 Å². The molecule has 0 fully saturated rings. The van der Waals surface area contributed by atoms with Crippen LogP contribution in [0, 0.1) is 0 Å². The van der Waals surface area contributed by atoms with Crippen LogP contribution in [-0.2, 0) is 0 Å². The Morgan fingerprint density at radius 1 is 0.625 bits per heavy atom. The van der Waals surface area contributed by atoms with E-state index in [-0.39, 0.29) is 0 Å². The first-order chi connectivity index (χ1) is 11.8. The van der Waals surface area contributed by atoms with Crippen LogP contribution < -0.4 is 0 Å². The molecule has 0 amide bonds. The molecular formula is C22H13BrS. The number of fused-ring (bicyclic) bond motifs is 5. The number of hydrogen-bond acceptors (Lipinski definition) is 1. The van der Waals surface area contributed by atoms with E-state index in [0.29, 0.717) is 0 Å². The molecule has 24 heavy (non-hydrogen) atoms. The van der Waals surface area contributed by atoms with Crippen molar-refractivity contribution < 1.29 is 0 Å². The number of halogens is 1. The summed E-state index contributed by atoms with van der Waals surface area (Å²) in [6, 6.07) is 28.3. The van der Waals surface area contributed by atoms with E-state index in [4.69, 9.17) is 0 Å². The molecule has 0 N–H and O–H groups in total. The molecule has 5 aromatic rings. The molecular weight excluding hydrogens is 376 g/mol. The van der Waals surface area contributed by atoms with E-state index < -0.39 is 0 Å². The number of benzene rings is 4. The van der Waals surface area contributed by atoms with Gasteiger partial charge in [-0.2, -0.15) is 0 Å². The average Bonchev–Trinajstić information content (AvgIpc) is 3.00. The zero-order valence-corrected chi connectivity index (χ0v) is 15.2. The minimum atomic E-state index is 1.13. The number of hydrogen-bond donors (Lipinski definition) is 0. The summed E-state index contributed by atoms with van der Waals surface area (Å²) in [6.45, 7) is 0. The van der Waals surface area contributed by atoms with Gasteiger partial charge in [0.25, 0.3) is 0 Å². The van der Waals surface area contributed by atoms with Crippen molar-refractivity contribution in [3.05, 3.63) is 83.3 Å². The lowest BCUT2D eigenvalue weighted by molar-refractivity contribution is 1.67.